The Morgan fingerprint density at radius 2 is 1.83 bits per heavy atom. The Labute approximate surface area is 140 Å². The van der Waals surface area contributed by atoms with Gasteiger partial charge in [0.15, 0.2) is 0 Å². The van der Waals surface area contributed by atoms with Gasteiger partial charge in [0.2, 0.25) is 0 Å². The first kappa shape index (κ1) is 15.9. The van der Waals surface area contributed by atoms with Gasteiger partial charge in [0.1, 0.15) is 31.3 Å². The number of hydrogen-bond acceptors (Lipinski definition) is 4. The Morgan fingerprint density at radius 1 is 1.00 bits per heavy atom. The van der Waals surface area contributed by atoms with E-state index in [2.05, 4.69) is 0 Å². The first-order chi connectivity index (χ1) is 11.8. The van der Waals surface area contributed by atoms with Gasteiger partial charge < -0.3 is 18.8 Å². The minimum Gasteiger partial charge on any atom is -0.497 e. The quantitative estimate of drug-likeness (QED) is 0.494. The molecular formula is C19H19NO4. The molecule has 0 spiro atoms. The number of rotatable bonds is 7. The minimum absolute atomic E-state index is 0.168. The lowest BCUT2D eigenvalue weighted by atomic mass is 10.2. The molecule has 0 bridgehead atoms. The van der Waals surface area contributed by atoms with Gasteiger partial charge in [0, 0.05) is 17.1 Å². The third-order valence-electron chi connectivity index (χ3n) is 3.64. The van der Waals surface area contributed by atoms with Crippen LogP contribution in [0, 0.1) is 0 Å². The topological polar surface area (TPSA) is 49.7 Å². The highest BCUT2D eigenvalue weighted by molar-refractivity contribution is 5.83. The summed E-state index contributed by atoms with van der Waals surface area (Å²) >= 11 is 0. The number of esters is 1. The Hall–Kier alpha value is -2.95. The normalized spacial score (nSPS) is 10.5. The zero-order valence-corrected chi connectivity index (χ0v) is 13.5. The molecule has 0 N–H and O–H groups in total. The van der Waals surface area contributed by atoms with Crippen LogP contribution in [0.5, 0.6) is 11.5 Å². The standard InChI is InChI=1S/C19H19NO4/c1-22-17-7-8-18-15(13-17)9-10-20(18)14-19(21)24-12-11-23-16-5-3-2-4-6-16/h2-10,13H,11-12,14H2,1H3. The predicted molar refractivity (Wildman–Crippen MR) is 91.4 cm³/mol. The van der Waals surface area contributed by atoms with Crippen molar-refractivity contribution in [2.45, 2.75) is 6.54 Å². The Kier molecular flexibility index (Phi) is 5.01. The summed E-state index contributed by atoms with van der Waals surface area (Å²) in [6.07, 6.45) is 1.87. The van der Waals surface area contributed by atoms with Crippen LogP contribution in [0.1, 0.15) is 0 Å². The SMILES string of the molecule is COc1ccc2c(ccn2CC(=O)OCCOc2ccccc2)c1. The molecule has 1 aromatic heterocycles. The molecule has 124 valence electrons. The van der Waals surface area contributed by atoms with Crippen LogP contribution < -0.4 is 9.47 Å². The van der Waals surface area contributed by atoms with Gasteiger partial charge >= 0.3 is 5.97 Å². The summed E-state index contributed by atoms with van der Waals surface area (Å²) in [6, 6.07) is 17.1. The maximum Gasteiger partial charge on any atom is 0.326 e. The molecule has 0 saturated heterocycles. The number of para-hydroxylation sites is 1. The number of carbonyl (C=O) groups excluding carboxylic acids is 1. The van der Waals surface area contributed by atoms with Crippen LogP contribution in [-0.2, 0) is 16.1 Å². The molecule has 5 nitrogen and oxygen atoms in total. The van der Waals surface area contributed by atoms with Crippen molar-refractivity contribution in [2.75, 3.05) is 20.3 Å². The molecular weight excluding hydrogens is 306 g/mol. The highest BCUT2D eigenvalue weighted by Crippen LogP contribution is 2.21. The molecule has 1 heterocycles. The zero-order valence-electron chi connectivity index (χ0n) is 13.5. The minimum atomic E-state index is -0.292. The van der Waals surface area contributed by atoms with Crippen LogP contribution in [-0.4, -0.2) is 30.9 Å². The van der Waals surface area contributed by atoms with Crippen LogP contribution in [0.3, 0.4) is 0 Å². The summed E-state index contributed by atoms with van der Waals surface area (Å²) in [4.78, 5) is 12.0. The van der Waals surface area contributed by atoms with Crippen molar-refractivity contribution in [3.63, 3.8) is 0 Å². The lowest BCUT2D eigenvalue weighted by Gasteiger charge is -2.09. The molecule has 0 aliphatic rings. The fourth-order valence-electron chi connectivity index (χ4n) is 2.46. The van der Waals surface area contributed by atoms with Gasteiger partial charge in [0.25, 0.3) is 0 Å². The monoisotopic (exact) mass is 325 g/mol. The van der Waals surface area contributed by atoms with Gasteiger partial charge in [-0.1, -0.05) is 18.2 Å². The Bertz CT molecular complexity index is 811. The molecule has 24 heavy (non-hydrogen) atoms. The molecule has 5 heteroatoms. The second kappa shape index (κ2) is 7.55. The number of fused-ring (bicyclic) bond motifs is 1. The first-order valence-electron chi connectivity index (χ1n) is 7.72. The van der Waals surface area contributed by atoms with Crippen molar-refractivity contribution < 1.29 is 19.0 Å². The summed E-state index contributed by atoms with van der Waals surface area (Å²) in [5, 5.41) is 1.02. The Balaban J connectivity index is 1.50. The predicted octanol–water partition coefficient (Wildman–Crippen LogP) is 3.27. The average Bonchev–Trinajstić information content (AvgIpc) is 3.01. The van der Waals surface area contributed by atoms with E-state index in [9.17, 15) is 4.79 Å². The molecule has 0 radical (unpaired) electrons. The lowest BCUT2D eigenvalue weighted by molar-refractivity contribution is -0.145. The number of hydrogen-bond donors (Lipinski definition) is 0. The summed E-state index contributed by atoms with van der Waals surface area (Å²) in [5.41, 5.74) is 0.966. The lowest BCUT2D eigenvalue weighted by Crippen LogP contribution is -2.16. The van der Waals surface area contributed by atoms with Gasteiger partial charge in [-0.15, -0.1) is 0 Å². The maximum atomic E-state index is 12.0. The summed E-state index contributed by atoms with van der Waals surface area (Å²) in [6.45, 7) is 0.724. The summed E-state index contributed by atoms with van der Waals surface area (Å²) < 4.78 is 17.8. The van der Waals surface area contributed by atoms with E-state index >= 15 is 0 Å². The second-order valence-electron chi connectivity index (χ2n) is 5.25. The second-order valence-corrected chi connectivity index (χ2v) is 5.25. The van der Waals surface area contributed by atoms with Crippen molar-refractivity contribution in [1.29, 1.82) is 0 Å². The van der Waals surface area contributed by atoms with Crippen molar-refractivity contribution in [3.8, 4) is 11.5 Å². The van der Waals surface area contributed by atoms with Crippen molar-refractivity contribution in [1.82, 2.24) is 4.57 Å². The van der Waals surface area contributed by atoms with E-state index in [1.54, 1.807) is 7.11 Å². The van der Waals surface area contributed by atoms with E-state index in [1.807, 2.05) is 65.4 Å². The number of benzene rings is 2. The summed E-state index contributed by atoms with van der Waals surface area (Å²) in [7, 11) is 1.63. The zero-order chi connectivity index (χ0) is 16.8. The molecule has 0 saturated carbocycles. The fourth-order valence-corrected chi connectivity index (χ4v) is 2.46. The average molecular weight is 325 g/mol. The van der Waals surface area contributed by atoms with Gasteiger partial charge in [-0.2, -0.15) is 0 Å². The van der Waals surface area contributed by atoms with E-state index < -0.39 is 0 Å². The fraction of sp³-hybridized carbons (Fsp3) is 0.211. The van der Waals surface area contributed by atoms with Gasteiger partial charge in [-0.25, -0.2) is 0 Å². The third kappa shape index (κ3) is 3.87. The van der Waals surface area contributed by atoms with Crippen LogP contribution in [0.25, 0.3) is 10.9 Å². The smallest absolute Gasteiger partial charge is 0.326 e. The molecule has 0 fully saturated rings. The maximum absolute atomic E-state index is 12.0. The Morgan fingerprint density at radius 3 is 2.62 bits per heavy atom. The van der Waals surface area contributed by atoms with E-state index in [0.29, 0.717) is 6.61 Å². The van der Waals surface area contributed by atoms with E-state index in [1.165, 1.54) is 0 Å². The number of ether oxygens (including phenoxy) is 3. The molecule has 0 amide bonds. The highest BCUT2D eigenvalue weighted by atomic mass is 16.6. The molecule has 0 aliphatic heterocycles. The largest absolute Gasteiger partial charge is 0.497 e. The van der Waals surface area contributed by atoms with Gasteiger partial charge in [0.05, 0.1) is 7.11 Å². The molecule has 3 aromatic rings. The van der Waals surface area contributed by atoms with Crippen molar-refractivity contribution in [2.24, 2.45) is 0 Å². The number of carbonyl (C=O) groups is 1. The van der Waals surface area contributed by atoms with Crippen LogP contribution in [0.4, 0.5) is 0 Å². The van der Waals surface area contributed by atoms with Crippen LogP contribution >= 0.6 is 0 Å². The third-order valence-corrected chi connectivity index (χ3v) is 3.64. The summed E-state index contributed by atoms with van der Waals surface area (Å²) in [5.74, 6) is 1.26. The van der Waals surface area contributed by atoms with Crippen molar-refractivity contribution in [3.05, 3.63) is 60.8 Å². The highest BCUT2D eigenvalue weighted by Gasteiger charge is 2.08. The molecule has 3 rings (SSSR count). The van der Waals surface area contributed by atoms with Crippen molar-refractivity contribution >= 4 is 16.9 Å². The molecule has 0 atom stereocenters. The first-order valence-corrected chi connectivity index (χ1v) is 7.72. The van der Waals surface area contributed by atoms with E-state index in [4.69, 9.17) is 14.2 Å². The number of aromatic nitrogens is 1. The van der Waals surface area contributed by atoms with E-state index in [0.717, 1.165) is 22.4 Å². The van der Waals surface area contributed by atoms with E-state index in [-0.39, 0.29) is 19.1 Å². The molecule has 0 unspecified atom stereocenters. The van der Waals surface area contributed by atoms with Crippen LogP contribution in [0.15, 0.2) is 60.8 Å². The van der Waals surface area contributed by atoms with Gasteiger partial charge in [-0.3, -0.25) is 4.79 Å². The number of nitrogens with zero attached hydrogens (tertiary/aromatic N) is 1. The van der Waals surface area contributed by atoms with Gasteiger partial charge in [-0.05, 0) is 36.4 Å². The number of methoxy groups -OCH3 is 1. The van der Waals surface area contributed by atoms with Crippen LogP contribution in [0.2, 0.25) is 0 Å². The molecule has 2 aromatic carbocycles. The molecule has 0 aliphatic carbocycles.